The van der Waals surface area contributed by atoms with Crippen molar-refractivity contribution in [2.45, 2.75) is 26.3 Å². The third kappa shape index (κ3) is 5.46. The fraction of sp³-hybridized carbons (Fsp3) is 0.500. The van der Waals surface area contributed by atoms with E-state index in [1.807, 2.05) is 13.8 Å². The van der Waals surface area contributed by atoms with Crippen LogP contribution in [0.3, 0.4) is 0 Å². The molecule has 2 N–H and O–H groups in total. The van der Waals surface area contributed by atoms with Crippen LogP contribution in [0.15, 0.2) is 12.2 Å². The van der Waals surface area contributed by atoms with Gasteiger partial charge in [-0.15, -0.1) is 0 Å². The Hall–Kier alpha value is -1.32. The molecular weight excluding hydrogens is 158 g/mol. The van der Waals surface area contributed by atoms with Gasteiger partial charge in [-0.1, -0.05) is 6.92 Å². The number of carbonyl (C=O) groups is 2. The summed E-state index contributed by atoms with van der Waals surface area (Å²) in [6.07, 6.45) is 2.65. The van der Waals surface area contributed by atoms with E-state index in [-0.39, 0.29) is 11.9 Å². The number of amides is 1. The summed E-state index contributed by atoms with van der Waals surface area (Å²) >= 11 is 0. The average molecular weight is 171 g/mol. The van der Waals surface area contributed by atoms with Crippen LogP contribution in [0, 0.1) is 0 Å². The lowest BCUT2D eigenvalue weighted by Crippen LogP contribution is -2.30. The molecule has 0 rings (SSSR count). The lowest BCUT2D eigenvalue weighted by molar-refractivity contribution is -0.131. The molecule has 4 nitrogen and oxygen atoms in total. The van der Waals surface area contributed by atoms with E-state index < -0.39 is 5.97 Å². The van der Waals surface area contributed by atoms with Crippen molar-refractivity contribution in [1.82, 2.24) is 5.32 Å². The van der Waals surface area contributed by atoms with E-state index in [0.717, 1.165) is 18.6 Å². The Bertz CT molecular complexity index is 198. The molecule has 0 bridgehead atoms. The third-order valence-electron chi connectivity index (χ3n) is 1.38. The van der Waals surface area contributed by atoms with Crippen molar-refractivity contribution in [1.29, 1.82) is 0 Å². The van der Waals surface area contributed by atoms with Crippen LogP contribution in [0.5, 0.6) is 0 Å². The van der Waals surface area contributed by atoms with Crippen LogP contribution in [0.4, 0.5) is 0 Å². The molecule has 0 aromatic heterocycles. The molecule has 0 aliphatic carbocycles. The van der Waals surface area contributed by atoms with Gasteiger partial charge in [0, 0.05) is 18.2 Å². The van der Waals surface area contributed by atoms with Crippen LogP contribution in [0.2, 0.25) is 0 Å². The van der Waals surface area contributed by atoms with Gasteiger partial charge in [0.05, 0.1) is 0 Å². The standard InChI is InChI=1S/C8H13NO3/c1-3-6(2)9-7(10)4-5-8(11)12/h4-6H,3H2,1-2H3,(H,9,10)(H,11,12)/b5-4+/t6-/m0/s1. The molecule has 0 radical (unpaired) electrons. The average Bonchev–Trinajstić information content (AvgIpc) is 2.00. The molecule has 1 amide bonds. The molecule has 0 saturated carbocycles. The number of carbonyl (C=O) groups excluding carboxylic acids is 1. The Morgan fingerprint density at radius 1 is 1.50 bits per heavy atom. The number of aliphatic carboxylic acids is 1. The van der Waals surface area contributed by atoms with E-state index in [1.165, 1.54) is 0 Å². The highest BCUT2D eigenvalue weighted by Crippen LogP contribution is 1.87. The second-order valence-electron chi connectivity index (χ2n) is 2.49. The first kappa shape index (κ1) is 10.7. The first-order valence-electron chi connectivity index (χ1n) is 3.77. The quantitative estimate of drug-likeness (QED) is 0.607. The maximum atomic E-state index is 10.9. The van der Waals surface area contributed by atoms with Gasteiger partial charge in [0.1, 0.15) is 0 Å². The first-order chi connectivity index (χ1) is 5.56. The van der Waals surface area contributed by atoms with Crippen LogP contribution in [-0.4, -0.2) is 23.0 Å². The van der Waals surface area contributed by atoms with Crippen LogP contribution in [0.25, 0.3) is 0 Å². The monoisotopic (exact) mass is 171 g/mol. The molecule has 0 aromatic carbocycles. The minimum Gasteiger partial charge on any atom is -0.478 e. The number of rotatable bonds is 4. The minimum atomic E-state index is -1.12. The fourth-order valence-electron chi connectivity index (χ4n) is 0.540. The lowest BCUT2D eigenvalue weighted by atomic mass is 10.2. The van der Waals surface area contributed by atoms with E-state index in [4.69, 9.17) is 5.11 Å². The summed E-state index contributed by atoms with van der Waals surface area (Å²) < 4.78 is 0. The molecule has 4 heteroatoms. The Kier molecular flexibility index (Phi) is 4.76. The Balaban J connectivity index is 3.81. The number of nitrogens with one attached hydrogen (secondary N) is 1. The molecular formula is C8H13NO3. The van der Waals surface area contributed by atoms with Crippen molar-refractivity contribution in [3.63, 3.8) is 0 Å². The Morgan fingerprint density at radius 3 is 2.50 bits per heavy atom. The van der Waals surface area contributed by atoms with Crippen molar-refractivity contribution in [2.24, 2.45) is 0 Å². The summed E-state index contributed by atoms with van der Waals surface area (Å²) in [5, 5.41) is 10.8. The summed E-state index contributed by atoms with van der Waals surface area (Å²) in [6, 6.07) is 0.0796. The zero-order chi connectivity index (χ0) is 9.56. The van der Waals surface area contributed by atoms with Crippen LogP contribution >= 0.6 is 0 Å². The fourth-order valence-corrected chi connectivity index (χ4v) is 0.540. The zero-order valence-electron chi connectivity index (χ0n) is 7.20. The summed E-state index contributed by atoms with van der Waals surface area (Å²) in [7, 11) is 0. The zero-order valence-corrected chi connectivity index (χ0v) is 7.20. The minimum absolute atomic E-state index is 0.0796. The van der Waals surface area contributed by atoms with Gasteiger partial charge in [-0.2, -0.15) is 0 Å². The van der Waals surface area contributed by atoms with E-state index in [2.05, 4.69) is 5.32 Å². The molecule has 0 aliphatic rings. The highest BCUT2D eigenvalue weighted by Gasteiger charge is 2.01. The van der Waals surface area contributed by atoms with E-state index in [1.54, 1.807) is 0 Å². The topological polar surface area (TPSA) is 66.4 Å². The second-order valence-corrected chi connectivity index (χ2v) is 2.49. The maximum absolute atomic E-state index is 10.9. The van der Waals surface area contributed by atoms with Crippen LogP contribution in [0.1, 0.15) is 20.3 Å². The lowest BCUT2D eigenvalue weighted by Gasteiger charge is -2.07. The van der Waals surface area contributed by atoms with E-state index in [0.29, 0.717) is 0 Å². The van der Waals surface area contributed by atoms with Crippen LogP contribution < -0.4 is 5.32 Å². The van der Waals surface area contributed by atoms with Gasteiger partial charge in [0.25, 0.3) is 0 Å². The number of hydrogen-bond donors (Lipinski definition) is 2. The molecule has 0 unspecified atom stereocenters. The van der Waals surface area contributed by atoms with Crippen LogP contribution in [-0.2, 0) is 9.59 Å². The van der Waals surface area contributed by atoms with Gasteiger partial charge < -0.3 is 10.4 Å². The molecule has 12 heavy (non-hydrogen) atoms. The van der Waals surface area contributed by atoms with Gasteiger partial charge in [0.2, 0.25) is 5.91 Å². The predicted molar refractivity (Wildman–Crippen MR) is 44.7 cm³/mol. The van der Waals surface area contributed by atoms with Crippen molar-refractivity contribution < 1.29 is 14.7 Å². The second kappa shape index (κ2) is 5.35. The summed E-state index contributed by atoms with van der Waals surface area (Å²) in [6.45, 7) is 3.79. The molecule has 0 aliphatic heterocycles. The van der Waals surface area contributed by atoms with Crippen molar-refractivity contribution in [3.05, 3.63) is 12.2 Å². The van der Waals surface area contributed by atoms with E-state index >= 15 is 0 Å². The number of hydrogen-bond acceptors (Lipinski definition) is 2. The smallest absolute Gasteiger partial charge is 0.328 e. The molecule has 0 saturated heterocycles. The third-order valence-corrected chi connectivity index (χ3v) is 1.38. The van der Waals surface area contributed by atoms with Crippen molar-refractivity contribution in [3.8, 4) is 0 Å². The first-order valence-corrected chi connectivity index (χ1v) is 3.77. The Labute approximate surface area is 71.3 Å². The molecule has 0 spiro atoms. The molecule has 1 atom stereocenters. The summed E-state index contributed by atoms with van der Waals surface area (Å²) in [5.41, 5.74) is 0. The van der Waals surface area contributed by atoms with Gasteiger partial charge in [0.15, 0.2) is 0 Å². The maximum Gasteiger partial charge on any atom is 0.328 e. The highest BCUT2D eigenvalue weighted by atomic mass is 16.4. The summed E-state index contributed by atoms with van der Waals surface area (Å²) in [5.74, 6) is -1.49. The molecule has 0 aromatic rings. The number of carboxylic acids is 1. The molecule has 68 valence electrons. The van der Waals surface area contributed by atoms with Gasteiger partial charge in [-0.3, -0.25) is 4.79 Å². The van der Waals surface area contributed by atoms with Gasteiger partial charge in [-0.05, 0) is 13.3 Å². The SMILES string of the molecule is CC[C@H](C)NC(=O)/C=C/C(=O)O. The summed E-state index contributed by atoms with van der Waals surface area (Å²) in [4.78, 5) is 20.8. The predicted octanol–water partition coefficient (Wildman–Crippen LogP) is 0.542. The van der Waals surface area contributed by atoms with Crippen molar-refractivity contribution >= 4 is 11.9 Å². The largest absolute Gasteiger partial charge is 0.478 e. The molecule has 0 heterocycles. The highest BCUT2D eigenvalue weighted by molar-refractivity contribution is 5.93. The number of carboxylic acid groups (broad SMARTS) is 1. The van der Waals surface area contributed by atoms with Gasteiger partial charge >= 0.3 is 5.97 Å². The van der Waals surface area contributed by atoms with Crippen molar-refractivity contribution in [2.75, 3.05) is 0 Å². The van der Waals surface area contributed by atoms with E-state index in [9.17, 15) is 9.59 Å². The van der Waals surface area contributed by atoms with Gasteiger partial charge in [-0.25, -0.2) is 4.79 Å². The Morgan fingerprint density at radius 2 is 2.08 bits per heavy atom. The normalized spacial score (nSPS) is 12.8. The molecule has 0 fully saturated rings.